The van der Waals surface area contributed by atoms with Gasteiger partial charge in [-0.2, -0.15) is 0 Å². The van der Waals surface area contributed by atoms with Gasteiger partial charge in [0.25, 0.3) is 5.91 Å². The minimum atomic E-state index is -1.34. The molecule has 0 radical (unpaired) electrons. The van der Waals surface area contributed by atoms with Gasteiger partial charge in [0.05, 0.1) is 12.6 Å². The molecule has 1 spiro atoms. The fourth-order valence-electron chi connectivity index (χ4n) is 3.87. The lowest BCUT2D eigenvalue weighted by Gasteiger charge is -2.33. The first-order valence-corrected chi connectivity index (χ1v) is 9.16. The number of hydrogen-bond donors (Lipinski definition) is 3. The number of carbonyl (C=O) groups is 3. The maximum atomic E-state index is 13.1. The van der Waals surface area contributed by atoms with E-state index in [-0.39, 0.29) is 18.9 Å². The van der Waals surface area contributed by atoms with Crippen LogP contribution in [0.2, 0.25) is 0 Å². The first-order chi connectivity index (χ1) is 12.9. The summed E-state index contributed by atoms with van der Waals surface area (Å²) in [6.45, 7) is -0.0253. The molecule has 9 nitrogen and oxygen atoms in total. The van der Waals surface area contributed by atoms with E-state index >= 15 is 0 Å². The molecule has 1 aromatic rings. The van der Waals surface area contributed by atoms with E-state index in [1.807, 2.05) is 0 Å². The Labute approximate surface area is 156 Å². The van der Waals surface area contributed by atoms with E-state index in [4.69, 9.17) is 10.5 Å². The fraction of sp³-hybridized carbons (Fsp3) is 0.556. The fourth-order valence-corrected chi connectivity index (χ4v) is 3.87. The predicted molar refractivity (Wildman–Crippen MR) is 95.7 cm³/mol. The number of nitrogens with zero attached hydrogens (tertiary/aromatic N) is 2. The van der Waals surface area contributed by atoms with Crippen LogP contribution < -0.4 is 21.1 Å². The largest absolute Gasteiger partial charge is 0.472 e. The Kier molecular flexibility index (Phi) is 4.26. The number of pyridine rings is 1. The van der Waals surface area contributed by atoms with Crippen molar-refractivity contribution in [1.82, 2.24) is 15.2 Å². The van der Waals surface area contributed by atoms with Gasteiger partial charge in [-0.1, -0.05) is 12.8 Å². The molecule has 9 heteroatoms. The number of amides is 3. The molecule has 3 amide bonds. The lowest BCUT2D eigenvalue weighted by molar-refractivity contribution is -0.140. The Hall–Kier alpha value is -2.68. The normalized spacial score (nSPS) is 27.7. The first-order valence-electron chi connectivity index (χ1n) is 9.16. The van der Waals surface area contributed by atoms with E-state index in [0.717, 1.165) is 12.8 Å². The second kappa shape index (κ2) is 6.49. The number of rotatable bonds is 5. The summed E-state index contributed by atoms with van der Waals surface area (Å²) in [4.78, 5) is 43.4. The third-order valence-electron chi connectivity index (χ3n) is 5.57. The van der Waals surface area contributed by atoms with Crippen LogP contribution in [-0.2, 0) is 14.4 Å². The lowest BCUT2D eigenvalue weighted by atomic mass is 9.97. The number of aromatic nitrogens is 1. The number of ether oxygens (including phenoxy) is 1. The molecule has 1 aromatic heterocycles. The highest BCUT2D eigenvalue weighted by molar-refractivity contribution is 6.02. The van der Waals surface area contributed by atoms with Gasteiger partial charge in [-0.3, -0.25) is 14.4 Å². The van der Waals surface area contributed by atoms with Gasteiger partial charge >= 0.3 is 0 Å². The standard InChI is InChI=1S/C18H23N5O4/c1-20-11(7-10-4-5-10)16(25)23-9-18(8-12(23)14(19)24)17(26)22-15-13(27-18)3-2-6-21-15/h2-3,6,10-12,20H,4-5,7-9H2,1H3,(H2,19,24)(H,21,22,26)/t11-,12-,18+/m0/s1. The van der Waals surface area contributed by atoms with Crippen LogP contribution >= 0.6 is 0 Å². The summed E-state index contributed by atoms with van der Waals surface area (Å²) in [5.41, 5.74) is 4.21. The molecule has 27 heavy (non-hydrogen) atoms. The maximum Gasteiger partial charge on any atom is 0.271 e. The summed E-state index contributed by atoms with van der Waals surface area (Å²) in [5.74, 6) is -0.0120. The SMILES string of the molecule is CN[C@@H](CC1CC1)C(=O)N1C[C@@]2(C[C@H]1C(N)=O)Oc1cccnc1NC2=O. The topological polar surface area (TPSA) is 127 Å². The van der Waals surface area contributed by atoms with Crippen molar-refractivity contribution in [3.05, 3.63) is 18.3 Å². The van der Waals surface area contributed by atoms with Crippen molar-refractivity contribution in [2.24, 2.45) is 11.7 Å². The number of fused-ring (bicyclic) bond motifs is 1. The molecule has 144 valence electrons. The van der Waals surface area contributed by atoms with Crippen molar-refractivity contribution in [3.8, 4) is 5.75 Å². The monoisotopic (exact) mass is 373 g/mol. The molecular formula is C18H23N5O4. The molecule has 1 saturated heterocycles. The van der Waals surface area contributed by atoms with E-state index in [1.165, 1.54) is 4.90 Å². The first kappa shape index (κ1) is 17.7. The Morgan fingerprint density at radius 3 is 2.96 bits per heavy atom. The van der Waals surface area contributed by atoms with Gasteiger partial charge in [0.1, 0.15) is 6.04 Å². The van der Waals surface area contributed by atoms with Crippen molar-refractivity contribution >= 4 is 23.5 Å². The molecule has 0 bridgehead atoms. The van der Waals surface area contributed by atoms with Gasteiger partial charge in [-0.25, -0.2) is 4.98 Å². The average molecular weight is 373 g/mol. The molecule has 3 heterocycles. The van der Waals surface area contributed by atoms with Crippen molar-refractivity contribution in [3.63, 3.8) is 0 Å². The second-order valence-electron chi connectivity index (χ2n) is 7.51. The highest BCUT2D eigenvalue weighted by Gasteiger charge is 2.57. The van der Waals surface area contributed by atoms with Gasteiger partial charge in [0.15, 0.2) is 11.6 Å². The number of hydrogen-bond acceptors (Lipinski definition) is 6. The molecule has 3 aliphatic rings. The van der Waals surface area contributed by atoms with E-state index in [1.54, 1.807) is 25.4 Å². The number of carbonyl (C=O) groups excluding carboxylic acids is 3. The molecule has 0 aromatic carbocycles. The third kappa shape index (κ3) is 3.12. The summed E-state index contributed by atoms with van der Waals surface area (Å²) in [6, 6.07) is 2.09. The zero-order chi connectivity index (χ0) is 19.2. The summed E-state index contributed by atoms with van der Waals surface area (Å²) < 4.78 is 5.96. The number of anilines is 1. The zero-order valence-electron chi connectivity index (χ0n) is 15.1. The molecular weight excluding hydrogens is 350 g/mol. The Balaban J connectivity index is 1.61. The Morgan fingerprint density at radius 1 is 1.52 bits per heavy atom. The molecule has 0 unspecified atom stereocenters. The Bertz CT molecular complexity index is 796. The number of nitrogens with two attached hydrogens (primary N) is 1. The van der Waals surface area contributed by atoms with Crippen LogP contribution in [0.5, 0.6) is 5.75 Å². The summed E-state index contributed by atoms with van der Waals surface area (Å²) in [6.07, 6.45) is 4.51. The van der Waals surface area contributed by atoms with E-state index in [9.17, 15) is 14.4 Å². The average Bonchev–Trinajstić information content (AvgIpc) is 3.39. The number of likely N-dealkylation sites (tertiary alicyclic amines) is 1. The van der Waals surface area contributed by atoms with Gasteiger partial charge in [0, 0.05) is 12.6 Å². The highest BCUT2D eigenvalue weighted by atomic mass is 16.5. The van der Waals surface area contributed by atoms with Crippen molar-refractivity contribution in [1.29, 1.82) is 0 Å². The van der Waals surface area contributed by atoms with Crippen molar-refractivity contribution < 1.29 is 19.1 Å². The highest BCUT2D eigenvalue weighted by Crippen LogP contribution is 2.40. The summed E-state index contributed by atoms with van der Waals surface area (Å²) >= 11 is 0. The van der Waals surface area contributed by atoms with Gasteiger partial charge in [0.2, 0.25) is 17.4 Å². The van der Waals surface area contributed by atoms with Gasteiger partial charge in [-0.15, -0.1) is 0 Å². The van der Waals surface area contributed by atoms with Crippen LogP contribution in [0, 0.1) is 5.92 Å². The second-order valence-corrected chi connectivity index (χ2v) is 7.51. The molecule has 3 atom stereocenters. The third-order valence-corrected chi connectivity index (χ3v) is 5.57. The van der Waals surface area contributed by atoms with Gasteiger partial charge < -0.3 is 26.0 Å². The smallest absolute Gasteiger partial charge is 0.271 e. The van der Waals surface area contributed by atoms with Crippen LogP contribution in [0.1, 0.15) is 25.7 Å². The maximum absolute atomic E-state index is 13.1. The van der Waals surface area contributed by atoms with Crippen LogP contribution in [0.3, 0.4) is 0 Å². The molecule has 4 rings (SSSR count). The lowest BCUT2D eigenvalue weighted by Crippen LogP contribution is -2.55. The van der Waals surface area contributed by atoms with E-state index in [0.29, 0.717) is 23.9 Å². The quantitative estimate of drug-likeness (QED) is 0.646. The molecule has 1 saturated carbocycles. The Morgan fingerprint density at radius 2 is 2.30 bits per heavy atom. The van der Waals surface area contributed by atoms with E-state index in [2.05, 4.69) is 15.6 Å². The number of primary amides is 1. The van der Waals surface area contributed by atoms with Crippen LogP contribution in [-0.4, -0.2) is 58.9 Å². The van der Waals surface area contributed by atoms with Crippen molar-refractivity contribution in [2.75, 3.05) is 18.9 Å². The number of nitrogens with one attached hydrogen (secondary N) is 2. The zero-order valence-corrected chi connectivity index (χ0v) is 15.1. The molecule has 1 aliphatic carbocycles. The predicted octanol–water partition coefficient (Wildman–Crippen LogP) is -0.374. The molecule has 4 N–H and O–H groups in total. The van der Waals surface area contributed by atoms with Gasteiger partial charge in [-0.05, 0) is 31.5 Å². The molecule has 2 fully saturated rings. The van der Waals surface area contributed by atoms with Crippen molar-refractivity contribution in [2.45, 2.75) is 43.4 Å². The summed E-state index contributed by atoms with van der Waals surface area (Å²) in [5, 5.41) is 5.75. The molecule has 2 aliphatic heterocycles. The van der Waals surface area contributed by atoms with Crippen LogP contribution in [0.15, 0.2) is 18.3 Å². The number of likely N-dealkylation sites (N-methyl/N-ethyl adjacent to an activating group) is 1. The summed E-state index contributed by atoms with van der Waals surface area (Å²) in [7, 11) is 1.72. The minimum Gasteiger partial charge on any atom is -0.472 e. The minimum absolute atomic E-state index is 0.0219. The van der Waals surface area contributed by atoms with E-state index < -0.39 is 29.5 Å². The van der Waals surface area contributed by atoms with Crippen LogP contribution in [0.4, 0.5) is 5.82 Å². The van der Waals surface area contributed by atoms with Crippen LogP contribution in [0.25, 0.3) is 0 Å².